The van der Waals surface area contributed by atoms with Crippen molar-refractivity contribution >= 4 is 11.8 Å². The summed E-state index contributed by atoms with van der Waals surface area (Å²) in [4.78, 5) is 26.3. The van der Waals surface area contributed by atoms with Gasteiger partial charge in [-0.1, -0.05) is 31.2 Å². The molecule has 2 atom stereocenters. The predicted molar refractivity (Wildman–Crippen MR) is 96.3 cm³/mol. The molecule has 0 spiro atoms. The summed E-state index contributed by atoms with van der Waals surface area (Å²) in [5.74, 6) is -0.198. The summed E-state index contributed by atoms with van der Waals surface area (Å²) in [6.45, 7) is 4.43. The molecule has 2 aliphatic rings. The van der Waals surface area contributed by atoms with E-state index in [0.717, 1.165) is 19.3 Å². The van der Waals surface area contributed by atoms with Crippen LogP contribution < -0.4 is 5.32 Å². The van der Waals surface area contributed by atoms with Crippen LogP contribution in [-0.2, 0) is 26.2 Å². The van der Waals surface area contributed by atoms with E-state index in [1.807, 2.05) is 0 Å². The lowest BCUT2D eigenvalue weighted by Crippen LogP contribution is -2.43. The van der Waals surface area contributed by atoms with Crippen LogP contribution in [0.4, 0.5) is 0 Å². The van der Waals surface area contributed by atoms with Gasteiger partial charge in [-0.15, -0.1) is 0 Å². The highest BCUT2D eigenvalue weighted by Gasteiger charge is 2.36. The molecule has 1 aromatic carbocycles. The second-order valence-corrected chi connectivity index (χ2v) is 7.52. The number of carbonyl (C=O) groups excluding carboxylic acids is 2. The number of hydrogen-bond donors (Lipinski definition) is 1. The molecule has 1 N–H and O–H groups in total. The minimum atomic E-state index is -0.244. The fraction of sp³-hybridized carbons (Fsp3) is 0.600. The van der Waals surface area contributed by atoms with Gasteiger partial charge >= 0.3 is 0 Å². The van der Waals surface area contributed by atoms with Gasteiger partial charge in [0.1, 0.15) is 0 Å². The lowest BCUT2D eigenvalue weighted by molar-refractivity contribution is -0.129. The SMILES string of the molecule is COCCN1CC(C(=O)NCC2(C)CCCc3ccccc32)CC1=O. The average Bonchev–Trinajstić information content (AvgIpc) is 2.99. The molecule has 3 rings (SSSR count). The Morgan fingerprint density at radius 3 is 3.00 bits per heavy atom. The number of carbonyl (C=O) groups is 2. The van der Waals surface area contributed by atoms with Crippen molar-refractivity contribution in [3.63, 3.8) is 0 Å². The molecular weight excluding hydrogens is 316 g/mol. The highest BCUT2D eigenvalue weighted by molar-refractivity contribution is 5.89. The molecule has 0 saturated carbocycles. The molecule has 2 unspecified atom stereocenters. The van der Waals surface area contributed by atoms with Crippen LogP contribution in [0.5, 0.6) is 0 Å². The third-order valence-corrected chi connectivity index (χ3v) is 5.65. The molecule has 2 amide bonds. The zero-order valence-electron chi connectivity index (χ0n) is 15.2. The molecule has 0 aromatic heterocycles. The Labute approximate surface area is 149 Å². The molecule has 0 bridgehead atoms. The number of methoxy groups -OCH3 is 1. The van der Waals surface area contributed by atoms with Gasteiger partial charge in [-0.3, -0.25) is 9.59 Å². The van der Waals surface area contributed by atoms with Crippen LogP contribution in [0.25, 0.3) is 0 Å². The lowest BCUT2D eigenvalue weighted by atomic mass is 9.71. The summed E-state index contributed by atoms with van der Waals surface area (Å²) in [5, 5.41) is 3.12. The van der Waals surface area contributed by atoms with E-state index in [0.29, 0.717) is 32.7 Å². The van der Waals surface area contributed by atoms with Crippen molar-refractivity contribution in [2.24, 2.45) is 5.92 Å². The minimum Gasteiger partial charge on any atom is -0.383 e. The lowest BCUT2D eigenvalue weighted by Gasteiger charge is -2.36. The van der Waals surface area contributed by atoms with Crippen LogP contribution in [0.2, 0.25) is 0 Å². The Kier molecular flexibility index (Phi) is 5.42. The first kappa shape index (κ1) is 17.9. The molecule has 1 aromatic rings. The van der Waals surface area contributed by atoms with Crippen molar-refractivity contribution in [1.82, 2.24) is 10.2 Å². The number of rotatable bonds is 6. The second-order valence-electron chi connectivity index (χ2n) is 7.52. The maximum atomic E-state index is 12.6. The molecule has 1 fully saturated rings. The predicted octanol–water partition coefficient (Wildman–Crippen LogP) is 1.89. The van der Waals surface area contributed by atoms with Gasteiger partial charge in [0.2, 0.25) is 11.8 Å². The quantitative estimate of drug-likeness (QED) is 0.857. The number of fused-ring (bicyclic) bond motifs is 1. The standard InChI is InChI=1S/C20H28N2O3/c1-20(9-5-7-15-6-3-4-8-17(15)20)14-21-19(24)16-12-18(23)22(13-16)10-11-25-2/h3-4,6,8,16H,5,7,9-14H2,1-2H3,(H,21,24). The fourth-order valence-electron chi connectivity index (χ4n) is 4.11. The van der Waals surface area contributed by atoms with Gasteiger partial charge in [-0.25, -0.2) is 0 Å². The van der Waals surface area contributed by atoms with Crippen LogP contribution in [-0.4, -0.2) is 50.1 Å². The van der Waals surface area contributed by atoms with Gasteiger partial charge in [-0.05, 0) is 30.4 Å². The monoisotopic (exact) mass is 344 g/mol. The van der Waals surface area contributed by atoms with Gasteiger partial charge < -0.3 is 15.0 Å². The van der Waals surface area contributed by atoms with Crippen molar-refractivity contribution in [3.05, 3.63) is 35.4 Å². The first-order chi connectivity index (χ1) is 12.0. The van der Waals surface area contributed by atoms with Crippen molar-refractivity contribution in [3.8, 4) is 0 Å². The van der Waals surface area contributed by atoms with E-state index < -0.39 is 0 Å². The van der Waals surface area contributed by atoms with Crippen molar-refractivity contribution < 1.29 is 14.3 Å². The van der Waals surface area contributed by atoms with Crippen LogP contribution in [0.15, 0.2) is 24.3 Å². The van der Waals surface area contributed by atoms with E-state index in [2.05, 4.69) is 36.5 Å². The molecule has 5 nitrogen and oxygen atoms in total. The summed E-state index contributed by atoms with van der Waals surface area (Å²) in [6, 6.07) is 8.54. The molecule has 0 radical (unpaired) electrons. The number of nitrogens with zero attached hydrogens (tertiary/aromatic N) is 1. The van der Waals surface area contributed by atoms with Crippen LogP contribution in [0.1, 0.15) is 37.3 Å². The van der Waals surface area contributed by atoms with Crippen molar-refractivity contribution in [1.29, 1.82) is 0 Å². The largest absolute Gasteiger partial charge is 0.383 e. The molecule has 5 heteroatoms. The highest BCUT2D eigenvalue weighted by Crippen LogP contribution is 2.36. The third-order valence-electron chi connectivity index (χ3n) is 5.65. The zero-order chi connectivity index (χ0) is 17.9. The van der Waals surface area contributed by atoms with Crippen LogP contribution >= 0.6 is 0 Å². The van der Waals surface area contributed by atoms with Gasteiger partial charge in [0.15, 0.2) is 0 Å². The van der Waals surface area contributed by atoms with E-state index in [-0.39, 0.29) is 23.1 Å². The Balaban J connectivity index is 1.59. The first-order valence-electron chi connectivity index (χ1n) is 9.16. The third kappa shape index (κ3) is 3.87. The number of hydrogen-bond acceptors (Lipinski definition) is 3. The molecule has 1 aliphatic carbocycles. The number of amides is 2. The smallest absolute Gasteiger partial charge is 0.225 e. The molecular formula is C20H28N2O3. The van der Waals surface area contributed by atoms with Crippen LogP contribution in [0, 0.1) is 5.92 Å². The first-order valence-corrected chi connectivity index (χ1v) is 9.16. The normalized spacial score (nSPS) is 25.8. The second kappa shape index (κ2) is 7.56. The molecule has 1 aliphatic heterocycles. The number of ether oxygens (including phenoxy) is 1. The Hall–Kier alpha value is -1.88. The molecule has 25 heavy (non-hydrogen) atoms. The van der Waals surface area contributed by atoms with Gasteiger partial charge in [0, 0.05) is 38.6 Å². The van der Waals surface area contributed by atoms with E-state index in [4.69, 9.17) is 4.74 Å². The average molecular weight is 344 g/mol. The Morgan fingerprint density at radius 1 is 1.40 bits per heavy atom. The molecule has 1 heterocycles. The maximum absolute atomic E-state index is 12.6. The fourth-order valence-corrected chi connectivity index (χ4v) is 4.11. The van der Waals surface area contributed by atoms with E-state index in [1.165, 1.54) is 11.1 Å². The summed E-state index contributed by atoms with van der Waals surface area (Å²) < 4.78 is 5.03. The van der Waals surface area contributed by atoms with Crippen molar-refractivity contribution in [2.45, 2.75) is 38.0 Å². The summed E-state index contributed by atoms with van der Waals surface area (Å²) >= 11 is 0. The van der Waals surface area contributed by atoms with E-state index in [9.17, 15) is 9.59 Å². The summed E-state index contributed by atoms with van der Waals surface area (Å²) in [6.07, 6.45) is 3.65. The van der Waals surface area contributed by atoms with Gasteiger partial charge in [0.05, 0.1) is 12.5 Å². The van der Waals surface area contributed by atoms with E-state index >= 15 is 0 Å². The minimum absolute atomic E-state index is 0.00227. The topological polar surface area (TPSA) is 58.6 Å². The van der Waals surface area contributed by atoms with E-state index in [1.54, 1.807) is 12.0 Å². The number of aryl methyl sites for hydroxylation is 1. The molecule has 1 saturated heterocycles. The zero-order valence-corrected chi connectivity index (χ0v) is 15.2. The highest BCUT2D eigenvalue weighted by atomic mass is 16.5. The summed E-state index contributed by atoms with van der Waals surface area (Å²) in [7, 11) is 1.62. The van der Waals surface area contributed by atoms with Crippen LogP contribution in [0.3, 0.4) is 0 Å². The van der Waals surface area contributed by atoms with Gasteiger partial charge in [-0.2, -0.15) is 0 Å². The molecule has 136 valence electrons. The number of benzene rings is 1. The maximum Gasteiger partial charge on any atom is 0.225 e. The Morgan fingerprint density at radius 2 is 2.20 bits per heavy atom. The summed E-state index contributed by atoms with van der Waals surface area (Å²) in [5.41, 5.74) is 2.72. The number of likely N-dealkylation sites (tertiary alicyclic amines) is 1. The van der Waals surface area contributed by atoms with Gasteiger partial charge in [0.25, 0.3) is 0 Å². The number of nitrogens with one attached hydrogen (secondary N) is 1. The Bertz CT molecular complexity index is 646. The van der Waals surface area contributed by atoms with Crippen molar-refractivity contribution in [2.75, 3.05) is 33.4 Å².